The molecule has 118 valence electrons. The highest BCUT2D eigenvalue weighted by atomic mass is 16.2. The van der Waals surface area contributed by atoms with Gasteiger partial charge in [0.25, 0.3) is 0 Å². The first-order chi connectivity index (χ1) is 10.6. The average molecular weight is 302 g/mol. The summed E-state index contributed by atoms with van der Waals surface area (Å²) in [6.07, 6.45) is 7.00. The Morgan fingerprint density at radius 2 is 2.18 bits per heavy atom. The summed E-state index contributed by atoms with van der Waals surface area (Å²) in [4.78, 5) is 36.4. The van der Waals surface area contributed by atoms with Gasteiger partial charge in [-0.15, -0.1) is 0 Å². The molecule has 0 radical (unpaired) electrons. The second-order valence-electron chi connectivity index (χ2n) is 6.18. The number of rotatable bonds is 3. The number of carbonyl (C=O) groups excluding carboxylic acids is 2. The maximum atomic E-state index is 12.4. The molecule has 2 amide bonds. The van der Waals surface area contributed by atoms with Crippen LogP contribution in [-0.4, -0.2) is 57.8 Å². The van der Waals surface area contributed by atoms with Gasteiger partial charge in [-0.05, 0) is 26.2 Å². The summed E-state index contributed by atoms with van der Waals surface area (Å²) in [5, 5.41) is 0. The zero-order valence-electron chi connectivity index (χ0n) is 13.0. The van der Waals surface area contributed by atoms with Crippen molar-refractivity contribution >= 4 is 11.8 Å². The largest absolute Gasteiger partial charge is 0.340 e. The van der Waals surface area contributed by atoms with E-state index in [9.17, 15) is 9.59 Å². The summed E-state index contributed by atoms with van der Waals surface area (Å²) >= 11 is 0. The summed E-state index contributed by atoms with van der Waals surface area (Å²) in [6, 6.07) is 0. The maximum Gasteiger partial charge on any atom is 0.242 e. The van der Waals surface area contributed by atoms with Crippen LogP contribution in [-0.2, 0) is 9.59 Å². The lowest BCUT2D eigenvalue weighted by Gasteiger charge is -2.33. The van der Waals surface area contributed by atoms with Crippen LogP contribution in [0.5, 0.6) is 0 Å². The van der Waals surface area contributed by atoms with Crippen molar-refractivity contribution in [2.45, 2.75) is 38.5 Å². The van der Waals surface area contributed by atoms with E-state index in [1.165, 1.54) is 0 Å². The Morgan fingerprint density at radius 3 is 2.91 bits per heavy atom. The van der Waals surface area contributed by atoms with E-state index in [1.807, 2.05) is 11.8 Å². The minimum absolute atomic E-state index is 0.0561. The highest BCUT2D eigenvalue weighted by Gasteiger charge is 2.29. The van der Waals surface area contributed by atoms with E-state index in [1.54, 1.807) is 17.3 Å². The van der Waals surface area contributed by atoms with Crippen molar-refractivity contribution in [3.05, 3.63) is 23.8 Å². The van der Waals surface area contributed by atoms with Gasteiger partial charge in [-0.25, -0.2) is 0 Å². The van der Waals surface area contributed by atoms with Crippen molar-refractivity contribution in [1.29, 1.82) is 0 Å². The van der Waals surface area contributed by atoms with Crippen LogP contribution >= 0.6 is 0 Å². The van der Waals surface area contributed by atoms with Crippen LogP contribution in [0.2, 0.25) is 0 Å². The van der Waals surface area contributed by atoms with Crippen LogP contribution < -0.4 is 0 Å². The molecule has 1 aromatic rings. The lowest BCUT2D eigenvalue weighted by Crippen LogP contribution is -2.45. The van der Waals surface area contributed by atoms with Gasteiger partial charge < -0.3 is 9.80 Å². The fourth-order valence-electron chi connectivity index (χ4n) is 3.26. The van der Waals surface area contributed by atoms with Crippen LogP contribution in [0.15, 0.2) is 12.4 Å². The van der Waals surface area contributed by atoms with Gasteiger partial charge in [0.05, 0.1) is 17.9 Å². The Labute approximate surface area is 130 Å². The molecule has 3 rings (SSSR count). The van der Waals surface area contributed by atoms with Crippen molar-refractivity contribution in [3.63, 3.8) is 0 Å². The van der Waals surface area contributed by atoms with E-state index in [-0.39, 0.29) is 24.3 Å². The monoisotopic (exact) mass is 302 g/mol. The summed E-state index contributed by atoms with van der Waals surface area (Å²) in [7, 11) is 0. The lowest BCUT2D eigenvalue weighted by atomic mass is 9.95. The fraction of sp³-hybridized carbons (Fsp3) is 0.625. The van der Waals surface area contributed by atoms with Crippen molar-refractivity contribution < 1.29 is 9.59 Å². The molecule has 2 fully saturated rings. The van der Waals surface area contributed by atoms with Gasteiger partial charge in [0.15, 0.2) is 0 Å². The van der Waals surface area contributed by atoms with E-state index in [4.69, 9.17) is 0 Å². The Hall–Kier alpha value is -1.98. The summed E-state index contributed by atoms with van der Waals surface area (Å²) in [6.45, 7) is 4.33. The molecule has 2 aliphatic heterocycles. The Bertz CT molecular complexity index is 575. The molecule has 2 saturated heterocycles. The number of likely N-dealkylation sites (tertiary alicyclic amines) is 2. The quantitative estimate of drug-likeness (QED) is 0.839. The first-order valence-corrected chi connectivity index (χ1v) is 7.97. The highest BCUT2D eigenvalue weighted by molar-refractivity contribution is 5.86. The molecule has 1 atom stereocenters. The van der Waals surface area contributed by atoms with Crippen molar-refractivity contribution in [3.8, 4) is 0 Å². The van der Waals surface area contributed by atoms with Gasteiger partial charge in [-0.3, -0.25) is 19.6 Å². The second-order valence-corrected chi connectivity index (χ2v) is 6.18. The van der Waals surface area contributed by atoms with Crippen LogP contribution in [0.4, 0.5) is 0 Å². The molecule has 6 heteroatoms. The minimum atomic E-state index is 0.0561. The number of amides is 2. The van der Waals surface area contributed by atoms with Crippen molar-refractivity contribution in [1.82, 2.24) is 19.8 Å². The minimum Gasteiger partial charge on any atom is -0.340 e. The standard InChI is InChI=1S/C16H22N4O2/c1-12-8-17-9-14(18-12)13-4-2-6-19(10-13)16(22)11-20-7-3-5-15(20)21/h8-9,13H,2-7,10-11H2,1H3. The van der Waals surface area contributed by atoms with Gasteiger partial charge in [-0.2, -0.15) is 0 Å². The number of nitrogens with zero attached hydrogens (tertiary/aromatic N) is 4. The Kier molecular flexibility index (Phi) is 4.36. The van der Waals surface area contributed by atoms with E-state index in [0.29, 0.717) is 19.5 Å². The zero-order chi connectivity index (χ0) is 15.5. The highest BCUT2D eigenvalue weighted by Crippen LogP contribution is 2.25. The number of hydrogen-bond donors (Lipinski definition) is 0. The molecule has 0 bridgehead atoms. The Morgan fingerprint density at radius 1 is 1.32 bits per heavy atom. The second kappa shape index (κ2) is 6.42. The van der Waals surface area contributed by atoms with E-state index in [0.717, 1.165) is 37.2 Å². The van der Waals surface area contributed by atoms with Crippen LogP contribution in [0.1, 0.15) is 43.0 Å². The fourth-order valence-corrected chi connectivity index (χ4v) is 3.26. The maximum absolute atomic E-state index is 12.4. The van der Waals surface area contributed by atoms with Gasteiger partial charge in [0, 0.05) is 44.4 Å². The summed E-state index contributed by atoms with van der Waals surface area (Å²) in [5.74, 6) is 0.409. The first-order valence-electron chi connectivity index (χ1n) is 7.97. The molecule has 1 aromatic heterocycles. The van der Waals surface area contributed by atoms with Crippen molar-refractivity contribution in [2.75, 3.05) is 26.2 Å². The molecule has 3 heterocycles. The normalized spacial score (nSPS) is 22.2. The van der Waals surface area contributed by atoms with Gasteiger partial charge in [0.2, 0.25) is 11.8 Å². The number of carbonyl (C=O) groups is 2. The number of aryl methyl sites for hydroxylation is 1. The topological polar surface area (TPSA) is 66.4 Å². The zero-order valence-corrected chi connectivity index (χ0v) is 13.0. The predicted molar refractivity (Wildman–Crippen MR) is 81.1 cm³/mol. The van der Waals surface area contributed by atoms with E-state index < -0.39 is 0 Å². The summed E-state index contributed by atoms with van der Waals surface area (Å²) in [5.41, 5.74) is 1.87. The molecular formula is C16H22N4O2. The van der Waals surface area contributed by atoms with Crippen LogP contribution in [0.3, 0.4) is 0 Å². The lowest BCUT2D eigenvalue weighted by molar-refractivity contribution is -0.139. The molecule has 0 saturated carbocycles. The van der Waals surface area contributed by atoms with Crippen molar-refractivity contribution in [2.24, 2.45) is 0 Å². The molecule has 0 aromatic carbocycles. The van der Waals surface area contributed by atoms with E-state index in [2.05, 4.69) is 9.97 Å². The van der Waals surface area contributed by atoms with E-state index >= 15 is 0 Å². The third kappa shape index (κ3) is 3.26. The predicted octanol–water partition coefficient (Wildman–Crippen LogP) is 1.11. The third-order valence-corrected chi connectivity index (χ3v) is 4.46. The molecule has 2 aliphatic rings. The molecule has 1 unspecified atom stereocenters. The number of hydrogen-bond acceptors (Lipinski definition) is 4. The van der Waals surface area contributed by atoms with Gasteiger partial charge >= 0.3 is 0 Å². The number of aromatic nitrogens is 2. The molecule has 0 spiro atoms. The Balaban J connectivity index is 1.62. The molecule has 6 nitrogen and oxygen atoms in total. The molecule has 0 aliphatic carbocycles. The summed E-state index contributed by atoms with van der Waals surface area (Å²) < 4.78 is 0. The third-order valence-electron chi connectivity index (χ3n) is 4.46. The average Bonchev–Trinajstić information content (AvgIpc) is 2.92. The molecule has 22 heavy (non-hydrogen) atoms. The van der Waals surface area contributed by atoms with Crippen LogP contribution in [0, 0.1) is 6.92 Å². The van der Waals surface area contributed by atoms with Gasteiger partial charge in [-0.1, -0.05) is 0 Å². The SMILES string of the molecule is Cc1cncc(C2CCCN(C(=O)CN3CCCC3=O)C2)n1. The first kappa shape index (κ1) is 14.9. The van der Waals surface area contributed by atoms with Crippen LogP contribution in [0.25, 0.3) is 0 Å². The molecular weight excluding hydrogens is 280 g/mol. The molecule has 0 N–H and O–H groups in total. The number of piperidine rings is 1. The van der Waals surface area contributed by atoms with Gasteiger partial charge in [0.1, 0.15) is 0 Å². The smallest absolute Gasteiger partial charge is 0.242 e.